The van der Waals surface area contributed by atoms with Crippen molar-refractivity contribution in [2.75, 3.05) is 0 Å². The highest BCUT2D eigenvalue weighted by Crippen LogP contribution is 3.08. The molecule has 0 aromatic heterocycles. The van der Waals surface area contributed by atoms with Gasteiger partial charge in [0.2, 0.25) is 0 Å². The molecule has 1 aliphatic heterocycles. The molecular formula is C16H21NP2S3. The van der Waals surface area contributed by atoms with E-state index in [2.05, 4.69) is 53.0 Å². The van der Waals surface area contributed by atoms with E-state index in [0.717, 1.165) is 0 Å². The van der Waals surface area contributed by atoms with Gasteiger partial charge in [-0.3, -0.25) is 0 Å². The smallest absolute Gasteiger partial charge is 0.187 e. The molecule has 118 valence electrons. The lowest BCUT2D eigenvalue weighted by Crippen LogP contribution is -2.43. The fraction of sp³-hybridized carbons (Fsp3) is 0.500. The van der Waals surface area contributed by atoms with Gasteiger partial charge in [-0.2, -0.15) is 0 Å². The Bertz CT molecular complexity index is 506. The van der Waals surface area contributed by atoms with Gasteiger partial charge in [0.15, 0.2) is 11.0 Å². The number of rotatable bonds is 3. The molecule has 0 spiro atoms. The molecule has 4 aliphatic rings. The van der Waals surface area contributed by atoms with Gasteiger partial charge in [0, 0.05) is 0 Å². The average molecular weight is 386 g/mol. The van der Waals surface area contributed by atoms with Crippen LogP contribution in [0.1, 0.15) is 32.1 Å². The summed E-state index contributed by atoms with van der Waals surface area (Å²) in [6.07, 6.45) is 24.6. The van der Waals surface area contributed by atoms with Crippen molar-refractivity contribution < 1.29 is 0 Å². The van der Waals surface area contributed by atoms with Crippen LogP contribution < -0.4 is 0 Å². The quantitative estimate of drug-likeness (QED) is 0.434. The first-order valence-corrected chi connectivity index (χ1v) is 15.7. The third-order valence-corrected chi connectivity index (χ3v) is 26.8. The predicted octanol–water partition coefficient (Wildman–Crippen LogP) is 5.98. The lowest BCUT2D eigenvalue weighted by Gasteiger charge is -2.62. The van der Waals surface area contributed by atoms with Crippen molar-refractivity contribution in [1.29, 1.82) is 0 Å². The Kier molecular flexibility index (Phi) is 4.66. The maximum atomic E-state index is 6.29. The van der Waals surface area contributed by atoms with Crippen molar-refractivity contribution in [3.05, 3.63) is 48.6 Å². The first-order chi connectivity index (χ1) is 10.6. The molecule has 4 rings (SSSR count). The zero-order valence-corrected chi connectivity index (χ0v) is 16.7. The molecule has 0 aromatic rings. The fourth-order valence-electron chi connectivity index (χ4n) is 3.81. The Labute approximate surface area is 149 Å². The van der Waals surface area contributed by atoms with E-state index in [4.69, 9.17) is 24.5 Å². The Morgan fingerprint density at radius 3 is 1.68 bits per heavy atom. The van der Waals surface area contributed by atoms with Crippen LogP contribution in [0.3, 0.4) is 0 Å². The first kappa shape index (κ1) is 16.3. The van der Waals surface area contributed by atoms with Crippen molar-refractivity contribution in [2.24, 2.45) is 0 Å². The van der Waals surface area contributed by atoms with E-state index >= 15 is 0 Å². The molecule has 1 saturated carbocycles. The number of hydrogen-bond acceptors (Lipinski definition) is 4. The molecular weight excluding hydrogens is 364 g/mol. The van der Waals surface area contributed by atoms with Gasteiger partial charge in [-0.05, 0) is 37.1 Å². The van der Waals surface area contributed by atoms with Gasteiger partial charge in [0.1, 0.15) is 23.0 Å². The molecule has 0 amide bonds. The van der Waals surface area contributed by atoms with Crippen LogP contribution in [0.15, 0.2) is 48.6 Å². The first-order valence-electron chi connectivity index (χ1n) is 8.05. The van der Waals surface area contributed by atoms with Gasteiger partial charge in [-0.15, -0.1) is 0 Å². The summed E-state index contributed by atoms with van der Waals surface area (Å²) in [5, 5.41) is 0. The summed E-state index contributed by atoms with van der Waals surface area (Å²) >= 11 is 14.6. The van der Waals surface area contributed by atoms with Crippen molar-refractivity contribution in [2.45, 2.75) is 49.5 Å². The van der Waals surface area contributed by atoms with Gasteiger partial charge in [0.25, 0.3) is 0 Å². The van der Waals surface area contributed by atoms with E-state index < -0.39 is 11.6 Å². The van der Waals surface area contributed by atoms with E-state index in [1.54, 1.807) is 0 Å². The summed E-state index contributed by atoms with van der Waals surface area (Å²) in [7, 11) is 0. The molecule has 2 fully saturated rings. The summed E-state index contributed by atoms with van der Waals surface area (Å²) in [6.45, 7) is 0. The second-order valence-corrected chi connectivity index (χ2v) is 21.2. The molecule has 1 saturated heterocycles. The minimum absolute atomic E-state index is 0.444. The van der Waals surface area contributed by atoms with Crippen LogP contribution in [0.2, 0.25) is 0 Å². The summed E-state index contributed by atoms with van der Waals surface area (Å²) in [5.74, 6) is -3.21. The third-order valence-electron chi connectivity index (χ3n) is 4.92. The second-order valence-electron chi connectivity index (χ2n) is 6.34. The molecule has 0 N–H and O–H groups in total. The Morgan fingerprint density at radius 1 is 0.773 bits per heavy atom. The lowest BCUT2D eigenvalue weighted by molar-refractivity contribution is 0.351. The van der Waals surface area contributed by atoms with Crippen LogP contribution in [0, 0.1) is 0 Å². The lowest BCUT2D eigenvalue weighted by atomic mass is 9.96. The fourth-order valence-corrected chi connectivity index (χ4v) is 32.4. The van der Waals surface area contributed by atoms with Gasteiger partial charge in [0.05, 0.1) is 6.04 Å². The van der Waals surface area contributed by atoms with Gasteiger partial charge < -0.3 is 24.5 Å². The van der Waals surface area contributed by atoms with Crippen LogP contribution >= 0.6 is 22.6 Å². The Balaban J connectivity index is 1.66. The van der Waals surface area contributed by atoms with Crippen LogP contribution in [0.5, 0.6) is 0 Å². The minimum atomic E-state index is -1.61. The molecule has 2 atom stereocenters. The second kappa shape index (κ2) is 6.28. The molecule has 22 heavy (non-hydrogen) atoms. The molecule has 2 unspecified atom stereocenters. The zero-order valence-electron chi connectivity index (χ0n) is 12.5. The highest BCUT2D eigenvalue weighted by Gasteiger charge is 2.71. The summed E-state index contributed by atoms with van der Waals surface area (Å²) in [6, 6.07) is 0.650. The van der Waals surface area contributed by atoms with Gasteiger partial charge in [-0.25, -0.2) is 0 Å². The maximum absolute atomic E-state index is 6.29. The van der Waals surface area contributed by atoms with E-state index in [1.165, 1.54) is 32.1 Å². The predicted molar refractivity (Wildman–Crippen MR) is 109 cm³/mol. The highest BCUT2D eigenvalue weighted by molar-refractivity contribution is 9.18. The van der Waals surface area contributed by atoms with E-state index in [0.29, 0.717) is 17.4 Å². The number of nitrogens with zero attached hydrogens (tertiary/aromatic N) is 1. The third kappa shape index (κ3) is 2.54. The molecule has 0 bridgehead atoms. The standard InChI is InChI=1S/C16H21NP2S3/c20-18(15-10-4-5-11-15)17(14-8-2-1-3-9-14)19(21,22-18)16-12-6-7-13-16/h4-7,10-16H,1-3,8-9H2. The van der Waals surface area contributed by atoms with Crippen molar-refractivity contribution >= 4 is 47.1 Å². The number of allylic oxidation sites excluding steroid dienone is 8. The SMILES string of the molecule is [S-][P+]1(C2C=CC=C2)S[P+]([S-])(C2C=CC=C2)N1C1CCCCC1. The number of hydrogen-bond donors (Lipinski definition) is 0. The summed E-state index contributed by atoms with van der Waals surface area (Å²) < 4.78 is 2.75. The van der Waals surface area contributed by atoms with Crippen molar-refractivity contribution in [1.82, 2.24) is 4.44 Å². The largest absolute Gasteiger partial charge is 0.517 e. The van der Waals surface area contributed by atoms with Crippen LogP contribution in [-0.2, 0) is 24.5 Å². The van der Waals surface area contributed by atoms with E-state index in [1.807, 2.05) is 11.0 Å². The summed E-state index contributed by atoms with van der Waals surface area (Å²) in [4.78, 5) is 0. The molecule has 0 aromatic carbocycles. The monoisotopic (exact) mass is 385 g/mol. The van der Waals surface area contributed by atoms with Crippen LogP contribution in [0.4, 0.5) is 0 Å². The minimum Gasteiger partial charge on any atom is -0.517 e. The molecule has 1 heterocycles. The van der Waals surface area contributed by atoms with Gasteiger partial charge >= 0.3 is 0 Å². The van der Waals surface area contributed by atoms with Gasteiger partial charge in [-0.1, -0.05) is 48.0 Å². The van der Waals surface area contributed by atoms with Crippen LogP contribution in [0.25, 0.3) is 0 Å². The molecule has 6 heteroatoms. The topological polar surface area (TPSA) is 3.24 Å². The van der Waals surface area contributed by atoms with Crippen molar-refractivity contribution in [3.8, 4) is 0 Å². The molecule has 3 aliphatic carbocycles. The molecule has 0 radical (unpaired) electrons. The Morgan fingerprint density at radius 2 is 1.23 bits per heavy atom. The Hall–Kier alpha value is 0.830. The van der Waals surface area contributed by atoms with Crippen molar-refractivity contribution in [3.63, 3.8) is 0 Å². The van der Waals surface area contributed by atoms with Crippen LogP contribution in [-0.4, -0.2) is 21.8 Å². The normalized spacial score (nSPS) is 39.9. The highest BCUT2D eigenvalue weighted by atomic mass is 33.4. The van der Waals surface area contributed by atoms with E-state index in [-0.39, 0.29) is 0 Å². The summed E-state index contributed by atoms with van der Waals surface area (Å²) in [5.41, 5.74) is 0.889. The average Bonchev–Trinajstić information content (AvgIpc) is 3.21. The zero-order chi connectivity index (χ0) is 15.2. The maximum Gasteiger partial charge on any atom is 0.187 e. The van der Waals surface area contributed by atoms with E-state index in [9.17, 15) is 0 Å². The molecule has 1 nitrogen and oxygen atoms in total.